The number of aryl methyl sites for hydroxylation is 1. The molecule has 0 radical (unpaired) electrons. The summed E-state index contributed by atoms with van der Waals surface area (Å²) in [6.45, 7) is 7.64. The number of nitrogens with one attached hydrogen (secondary N) is 1. The number of piperazine rings is 1. The molecular formula is C29H38F2N6O2. The average molecular weight is 541 g/mol. The summed E-state index contributed by atoms with van der Waals surface area (Å²) in [5, 5.41) is 3.68. The van der Waals surface area contributed by atoms with E-state index in [4.69, 9.17) is 25.2 Å². The molecule has 2 aromatic rings. The molecule has 5 aliphatic rings. The van der Waals surface area contributed by atoms with Crippen LogP contribution >= 0.6 is 0 Å². The first-order chi connectivity index (χ1) is 18.8. The summed E-state index contributed by atoms with van der Waals surface area (Å²) < 4.78 is 42.3. The third kappa shape index (κ3) is 4.35. The molecule has 5 atom stereocenters. The second kappa shape index (κ2) is 9.52. The number of halogens is 2. The van der Waals surface area contributed by atoms with Crippen LogP contribution in [-0.4, -0.2) is 71.4 Å². The van der Waals surface area contributed by atoms with Gasteiger partial charge in [0.05, 0.1) is 29.6 Å². The van der Waals surface area contributed by atoms with Crippen molar-refractivity contribution in [3.63, 3.8) is 0 Å². The third-order valence-electron chi connectivity index (χ3n) is 9.78. The number of nitrogens with zero attached hydrogens (tertiary/aromatic N) is 4. The van der Waals surface area contributed by atoms with Gasteiger partial charge in [0.2, 0.25) is 0 Å². The fourth-order valence-electron chi connectivity index (χ4n) is 7.68. The van der Waals surface area contributed by atoms with E-state index in [1.165, 1.54) is 0 Å². The molecule has 0 spiro atoms. The lowest BCUT2D eigenvalue weighted by Crippen LogP contribution is -2.52. The second-order valence-corrected chi connectivity index (χ2v) is 12.3. The maximum Gasteiger partial charge on any atom is 0.318 e. The fraction of sp³-hybridized carbons (Fsp3) is 0.655. The highest BCUT2D eigenvalue weighted by molar-refractivity contribution is 5.54. The van der Waals surface area contributed by atoms with Crippen LogP contribution in [0.3, 0.4) is 0 Å². The Morgan fingerprint density at radius 1 is 1.21 bits per heavy atom. The van der Waals surface area contributed by atoms with Gasteiger partial charge in [0, 0.05) is 55.7 Å². The predicted molar refractivity (Wildman–Crippen MR) is 144 cm³/mol. The quantitative estimate of drug-likeness (QED) is 0.557. The van der Waals surface area contributed by atoms with Crippen molar-refractivity contribution in [2.75, 3.05) is 43.4 Å². The van der Waals surface area contributed by atoms with E-state index < -0.39 is 18.1 Å². The highest BCUT2D eigenvalue weighted by Crippen LogP contribution is 2.42. The molecule has 4 saturated heterocycles. The number of hydrogen-bond donors (Lipinski definition) is 2. The maximum atomic E-state index is 15.3. The molecule has 5 aliphatic heterocycles. The number of ether oxygens (including phenoxy) is 2. The van der Waals surface area contributed by atoms with Crippen molar-refractivity contribution in [1.82, 2.24) is 20.2 Å². The van der Waals surface area contributed by atoms with Crippen molar-refractivity contribution in [3.05, 3.63) is 39.8 Å². The van der Waals surface area contributed by atoms with E-state index in [-0.39, 0.29) is 11.2 Å². The van der Waals surface area contributed by atoms with Crippen molar-refractivity contribution < 1.29 is 18.3 Å². The second-order valence-electron chi connectivity index (χ2n) is 12.3. The third-order valence-corrected chi connectivity index (χ3v) is 9.78. The van der Waals surface area contributed by atoms with Crippen molar-refractivity contribution in [3.8, 4) is 6.01 Å². The topological polar surface area (TPSA) is 88.8 Å². The van der Waals surface area contributed by atoms with Crippen LogP contribution in [0.4, 0.5) is 20.3 Å². The lowest BCUT2D eigenvalue weighted by molar-refractivity contribution is 0.0228. The van der Waals surface area contributed by atoms with Crippen molar-refractivity contribution in [1.29, 1.82) is 0 Å². The Hall–Kier alpha value is -2.56. The van der Waals surface area contributed by atoms with E-state index in [0.29, 0.717) is 56.3 Å². The predicted octanol–water partition coefficient (Wildman–Crippen LogP) is 3.52. The molecule has 4 fully saturated rings. The zero-order valence-corrected chi connectivity index (χ0v) is 22.8. The molecule has 210 valence electrons. The first-order valence-corrected chi connectivity index (χ1v) is 14.4. The molecule has 8 nitrogen and oxygen atoms in total. The first kappa shape index (κ1) is 25.4. The van der Waals surface area contributed by atoms with Gasteiger partial charge in [-0.3, -0.25) is 4.90 Å². The van der Waals surface area contributed by atoms with Crippen LogP contribution in [0.1, 0.15) is 66.2 Å². The van der Waals surface area contributed by atoms with Crippen LogP contribution in [0.5, 0.6) is 6.01 Å². The van der Waals surface area contributed by atoms with Gasteiger partial charge in [-0.15, -0.1) is 0 Å². The molecule has 1 aromatic carbocycles. The highest BCUT2D eigenvalue weighted by atomic mass is 19.1. The molecular weight excluding hydrogens is 502 g/mol. The summed E-state index contributed by atoms with van der Waals surface area (Å²) in [6, 6.07) is 2.87. The Morgan fingerprint density at radius 2 is 2.00 bits per heavy atom. The molecule has 10 heteroatoms. The van der Waals surface area contributed by atoms with Crippen molar-refractivity contribution in [2.45, 2.75) is 88.9 Å². The number of nitrogen functional groups attached to an aromatic ring is 1. The molecule has 2 bridgehead atoms. The molecule has 3 N–H and O–H groups in total. The summed E-state index contributed by atoms with van der Waals surface area (Å²) in [7, 11) is 0. The van der Waals surface area contributed by atoms with Crippen LogP contribution in [0.25, 0.3) is 0 Å². The largest absolute Gasteiger partial charge is 0.461 e. The monoisotopic (exact) mass is 540 g/mol. The first-order valence-electron chi connectivity index (χ1n) is 14.4. The molecule has 0 saturated carbocycles. The summed E-state index contributed by atoms with van der Waals surface area (Å²) >= 11 is 0. The van der Waals surface area contributed by atoms with Gasteiger partial charge in [0.15, 0.2) is 5.82 Å². The Labute approximate surface area is 228 Å². The SMILES string of the molecule is Cc1cc(N)c(F)c([C@H]2Cc3nc(OC[C@@]45CCCN4C[C@H](F)C5)nc(N4CC5CCC(C4)N5)c3CO2)c1C. The number of alkyl halides is 1. The number of anilines is 2. The van der Waals surface area contributed by atoms with Gasteiger partial charge >= 0.3 is 6.01 Å². The van der Waals surface area contributed by atoms with Gasteiger partial charge in [-0.05, 0) is 63.3 Å². The Balaban J connectivity index is 1.23. The van der Waals surface area contributed by atoms with Crippen LogP contribution in [0.15, 0.2) is 6.07 Å². The van der Waals surface area contributed by atoms with E-state index in [1.54, 1.807) is 6.07 Å². The zero-order valence-electron chi connectivity index (χ0n) is 22.8. The van der Waals surface area contributed by atoms with E-state index in [0.717, 1.165) is 73.5 Å². The summed E-state index contributed by atoms with van der Waals surface area (Å²) in [5.74, 6) is 0.432. The molecule has 2 unspecified atom stereocenters. The van der Waals surface area contributed by atoms with Crippen LogP contribution in [0.2, 0.25) is 0 Å². The summed E-state index contributed by atoms with van der Waals surface area (Å²) in [4.78, 5) is 14.4. The Morgan fingerprint density at radius 3 is 2.79 bits per heavy atom. The van der Waals surface area contributed by atoms with Gasteiger partial charge in [-0.1, -0.05) is 0 Å². The molecule has 6 heterocycles. The van der Waals surface area contributed by atoms with Gasteiger partial charge in [-0.25, -0.2) is 8.78 Å². The minimum absolute atomic E-state index is 0.134. The summed E-state index contributed by atoms with van der Waals surface area (Å²) in [5.41, 5.74) is 9.91. The molecule has 39 heavy (non-hydrogen) atoms. The smallest absolute Gasteiger partial charge is 0.318 e. The van der Waals surface area contributed by atoms with E-state index >= 15 is 4.39 Å². The molecule has 0 aliphatic carbocycles. The number of rotatable bonds is 5. The standard InChI is InChI=1S/C29H38F2N6O2/c1-16-8-22(32)26(31)25(17(16)2)24-9-23-21(14-38-24)27(36-12-19-4-5-20(13-36)33-19)35-28(34-23)39-15-29-6-3-7-37(29)11-18(30)10-29/h8,18-20,24,33H,3-7,9-15,32H2,1-2H3/t18-,19?,20?,24-,29+/m1/s1. The van der Waals surface area contributed by atoms with Crippen LogP contribution in [0, 0.1) is 19.7 Å². The minimum atomic E-state index is -0.817. The minimum Gasteiger partial charge on any atom is -0.461 e. The number of fused-ring (bicyclic) bond motifs is 4. The lowest BCUT2D eigenvalue weighted by Gasteiger charge is -2.37. The van der Waals surface area contributed by atoms with Crippen LogP contribution in [-0.2, 0) is 17.8 Å². The van der Waals surface area contributed by atoms with E-state index in [1.807, 2.05) is 13.8 Å². The number of hydrogen-bond acceptors (Lipinski definition) is 8. The number of aromatic nitrogens is 2. The van der Waals surface area contributed by atoms with Crippen molar-refractivity contribution >= 4 is 11.5 Å². The number of benzene rings is 1. The fourth-order valence-corrected chi connectivity index (χ4v) is 7.68. The van der Waals surface area contributed by atoms with Gasteiger partial charge < -0.3 is 25.4 Å². The maximum absolute atomic E-state index is 15.3. The van der Waals surface area contributed by atoms with Gasteiger partial charge in [0.1, 0.15) is 18.6 Å². The Bertz CT molecular complexity index is 1250. The van der Waals surface area contributed by atoms with Gasteiger partial charge in [-0.2, -0.15) is 9.97 Å². The van der Waals surface area contributed by atoms with Gasteiger partial charge in [0.25, 0.3) is 0 Å². The van der Waals surface area contributed by atoms with E-state index in [2.05, 4.69) is 15.1 Å². The van der Waals surface area contributed by atoms with Crippen LogP contribution < -0.4 is 20.7 Å². The van der Waals surface area contributed by atoms with Crippen molar-refractivity contribution in [2.24, 2.45) is 0 Å². The Kier molecular flexibility index (Phi) is 6.20. The lowest BCUT2D eigenvalue weighted by atomic mass is 9.92. The molecule has 0 amide bonds. The summed E-state index contributed by atoms with van der Waals surface area (Å²) in [6.07, 6.45) is 3.89. The average Bonchev–Trinajstić information content (AvgIpc) is 3.56. The normalized spacial score (nSPS) is 31.9. The molecule has 7 rings (SSSR count). The highest BCUT2D eigenvalue weighted by Gasteiger charge is 2.49. The molecule has 1 aromatic heterocycles. The zero-order chi connectivity index (χ0) is 26.9. The van der Waals surface area contributed by atoms with E-state index in [9.17, 15) is 4.39 Å². The number of nitrogens with two attached hydrogens (primary N) is 1.